The highest BCUT2D eigenvalue weighted by Gasteiger charge is 2.14. The van der Waals surface area contributed by atoms with Crippen LogP contribution in [-0.4, -0.2) is 30.6 Å². The summed E-state index contributed by atoms with van der Waals surface area (Å²) < 4.78 is 6.34. The van der Waals surface area contributed by atoms with Crippen LogP contribution in [0.2, 0.25) is 0 Å². The third kappa shape index (κ3) is 4.41. The van der Waals surface area contributed by atoms with Crippen LogP contribution in [-0.2, 0) is 13.0 Å². The fourth-order valence-corrected chi connectivity index (χ4v) is 4.02. The van der Waals surface area contributed by atoms with Gasteiger partial charge in [-0.25, -0.2) is 0 Å². The quantitative estimate of drug-likeness (QED) is 0.357. The molecule has 0 atom stereocenters. The minimum atomic E-state index is 0.456. The largest absolute Gasteiger partial charge is 0.488 e. The number of rotatable bonds is 7. The van der Waals surface area contributed by atoms with Gasteiger partial charge in [-0.2, -0.15) is 5.21 Å². The van der Waals surface area contributed by atoms with Crippen molar-refractivity contribution in [3.8, 4) is 39.4 Å². The summed E-state index contributed by atoms with van der Waals surface area (Å²) in [6, 6.07) is 22.4. The number of aryl methyl sites for hydroxylation is 2. The Balaban J connectivity index is 1.40. The van der Waals surface area contributed by atoms with E-state index in [0.717, 1.165) is 56.9 Å². The van der Waals surface area contributed by atoms with Crippen LogP contribution in [0.1, 0.15) is 23.9 Å². The van der Waals surface area contributed by atoms with Gasteiger partial charge in [0.05, 0.1) is 0 Å². The normalized spacial score (nSPS) is 10.9. The molecule has 0 saturated carbocycles. The van der Waals surface area contributed by atoms with Crippen LogP contribution in [0.15, 0.2) is 79.1 Å². The molecule has 0 saturated heterocycles. The number of tetrazole rings is 1. The van der Waals surface area contributed by atoms with E-state index in [0.29, 0.717) is 12.4 Å². The van der Waals surface area contributed by atoms with E-state index in [9.17, 15) is 0 Å². The molecule has 5 aromatic rings. The zero-order valence-corrected chi connectivity index (χ0v) is 19.1. The molecule has 0 aliphatic heterocycles. The monoisotopic (exact) mass is 448 g/mol. The molecule has 2 aromatic carbocycles. The number of hydrogen-bond acceptors (Lipinski definition) is 6. The number of ether oxygens (including phenoxy) is 1. The molecule has 3 heterocycles. The average molecular weight is 449 g/mol. The summed E-state index contributed by atoms with van der Waals surface area (Å²) in [7, 11) is 0. The van der Waals surface area contributed by atoms with Crippen LogP contribution in [0.4, 0.5) is 0 Å². The van der Waals surface area contributed by atoms with E-state index in [1.165, 1.54) is 0 Å². The van der Waals surface area contributed by atoms with Gasteiger partial charge in [-0.05, 0) is 52.9 Å². The molecule has 7 nitrogen and oxygen atoms in total. The zero-order chi connectivity index (χ0) is 23.3. The van der Waals surface area contributed by atoms with Crippen molar-refractivity contribution in [2.24, 2.45) is 0 Å². The Labute approximate surface area is 197 Å². The molecule has 34 heavy (non-hydrogen) atoms. The number of nitrogens with one attached hydrogen (secondary N) is 1. The third-order valence-electron chi connectivity index (χ3n) is 5.72. The highest BCUT2D eigenvalue weighted by molar-refractivity contribution is 5.80. The first-order valence-corrected chi connectivity index (χ1v) is 11.2. The minimum Gasteiger partial charge on any atom is -0.488 e. The molecular formula is C27H24N6O. The first-order valence-electron chi connectivity index (χ1n) is 11.2. The van der Waals surface area contributed by atoms with Crippen molar-refractivity contribution < 1.29 is 4.74 Å². The molecule has 168 valence electrons. The summed E-state index contributed by atoms with van der Waals surface area (Å²) in [5, 5.41) is 14.5. The molecule has 5 rings (SSSR count). The Hall–Kier alpha value is -4.39. The molecule has 0 spiro atoms. The highest BCUT2D eigenvalue weighted by Crippen LogP contribution is 2.34. The second-order valence-electron chi connectivity index (χ2n) is 7.93. The van der Waals surface area contributed by atoms with Crippen molar-refractivity contribution in [1.82, 2.24) is 30.6 Å². The summed E-state index contributed by atoms with van der Waals surface area (Å²) >= 11 is 0. The van der Waals surface area contributed by atoms with Crippen molar-refractivity contribution >= 4 is 0 Å². The van der Waals surface area contributed by atoms with E-state index < -0.39 is 0 Å². The molecule has 0 aliphatic carbocycles. The Morgan fingerprint density at radius 3 is 2.35 bits per heavy atom. The van der Waals surface area contributed by atoms with Crippen LogP contribution < -0.4 is 4.74 Å². The minimum absolute atomic E-state index is 0.456. The maximum atomic E-state index is 6.34. The molecule has 0 radical (unpaired) electrons. The molecule has 3 aromatic heterocycles. The zero-order valence-electron chi connectivity index (χ0n) is 19.1. The number of benzene rings is 2. The van der Waals surface area contributed by atoms with Crippen LogP contribution >= 0.6 is 0 Å². The molecular weight excluding hydrogens is 424 g/mol. The first kappa shape index (κ1) is 21.5. The smallest absolute Gasteiger partial charge is 0.205 e. The number of hydrogen-bond donors (Lipinski definition) is 1. The lowest BCUT2D eigenvalue weighted by Gasteiger charge is -2.16. The summed E-state index contributed by atoms with van der Waals surface area (Å²) in [5.41, 5.74) is 8.16. The predicted octanol–water partition coefficient (Wildman–Crippen LogP) is 5.44. The molecule has 0 fully saturated rings. The molecule has 0 bridgehead atoms. The van der Waals surface area contributed by atoms with Gasteiger partial charge >= 0.3 is 0 Å². The van der Waals surface area contributed by atoms with Crippen molar-refractivity contribution in [2.75, 3.05) is 0 Å². The van der Waals surface area contributed by atoms with Gasteiger partial charge in [0.1, 0.15) is 12.4 Å². The predicted molar refractivity (Wildman–Crippen MR) is 131 cm³/mol. The van der Waals surface area contributed by atoms with Gasteiger partial charge in [0, 0.05) is 41.0 Å². The fraction of sp³-hybridized carbons (Fsp3) is 0.148. The lowest BCUT2D eigenvalue weighted by molar-refractivity contribution is 0.306. The Bertz CT molecular complexity index is 1380. The van der Waals surface area contributed by atoms with Crippen molar-refractivity contribution in [3.05, 3.63) is 96.1 Å². The van der Waals surface area contributed by atoms with E-state index >= 15 is 0 Å². The summed E-state index contributed by atoms with van der Waals surface area (Å²) in [5.74, 6) is 1.41. The van der Waals surface area contributed by atoms with E-state index in [1.54, 1.807) is 12.4 Å². The fourth-order valence-electron chi connectivity index (χ4n) is 4.02. The Morgan fingerprint density at radius 1 is 0.882 bits per heavy atom. The lowest BCUT2D eigenvalue weighted by atomic mass is 9.98. The topological polar surface area (TPSA) is 89.5 Å². The van der Waals surface area contributed by atoms with Crippen LogP contribution in [0.5, 0.6) is 5.75 Å². The van der Waals surface area contributed by atoms with Crippen LogP contribution in [0.3, 0.4) is 0 Å². The van der Waals surface area contributed by atoms with Crippen LogP contribution in [0, 0.1) is 6.92 Å². The SMILES string of the molecule is CCc1cc(OCc2ccc(-c3ccccc3-c3nn[nH]n3)cc2)c(-c2ccncc2)c(C)n1. The number of aromatic amines is 1. The van der Waals surface area contributed by atoms with Gasteiger partial charge in [-0.3, -0.25) is 9.97 Å². The van der Waals surface area contributed by atoms with Crippen molar-refractivity contribution in [2.45, 2.75) is 26.9 Å². The van der Waals surface area contributed by atoms with E-state index in [-0.39, 0.29) is 0 Å². The molecule has 7 heteroatoms. The standard InChI is InChI=1S/C27H24N6O/c1-3-22-16-25(26(18(2)29-22)21-12-14-28-15-13-21)34-17-19-8-10-20(11-9-19)23-6-4-5-7-24(23)27-30-32-33-31-27/h4-16H,3,17H2,1-2H3,(H,30,31,32,33). The van der Waals surface area contributed by atoms with E-state index in [1.807, 2.05) is 43.3 Å². The molecule has 0 unspecified atom stereocenters. The first-order chi connectivity index (χ1) is 16.7. The second-order valence-corrected chi connectivity index (χ2v) is 7.93. The molecule has 1 N–H and O–H groups in total. The van der Waals surface area contributed by atoms with Crippen molar-refractivity contribution in [3.63, 3.8) is 0 Å². The average Bonchev–Trinajstić information content (AvgIpc) is 3.43. The number of pyridine rings is 2. The maximum absolute atomic E-state index is 6.34. The third-order valence-corrected chi connectivity index (χ3v) is 5.72. The summed E-state index contributed by atoms with van der Waals surface area (Å²) in [6.07, 6.45) is 4.43. The van der Waals surface area contributed by atoms with Crippen LogP contribution in [0.25, 0.3) is 33.6 Å². The van der Waals surface area contributed by atoms with Gasteiger partial charge in [0.15, 0.2) is 0 Å². The van der Waals surface area contributed by atoms with Gasteiger partial charge in [0.2, 0.25) is 5.82 Å². The maximum Gasteiger partial charge on any atom is 0.205 e. The van der Waals surface area contributed by atoms with Gasteiger partial charge in [0.25, 0.3) is 0 Å². The van der Waals surface area contributed by atoms with Gasteiger partial charge in [-0.1, -0.05) is 55.5 Å². The number of H-pyrrole nitrogens is 1. The second kappa shape index (κ2) is 9.62. The number of aromatic nitrogens is 6. The molecule has 0 aliphatic rings. The van der Waals surface area contributed by atoms with E-state index in [4.69, 9.17) is 9.72 Å². The molecule has 0 amide bonds. The summed E-state index contributed by atoms with van der Waals surface area (Å²) in [4.78, 5) is 8.88. The van der Waals surface area contributed by atoms with E-state index in [2.05, 4.69) is 62.9 Å². The highest BCUT2D eigenvalue weighted by atomic mass is 16.5. The van der Waals surface area contributed by atoms with Gasteiger partial charge < -0.3 is 4.74 Å². The number of nitrogens with zero attached hydrogens (tertiary/aromatic N) is 5. The lowest BCUT2D eigenvalue weighted by Crippen LogP contribution is -2.02. The van der Waals surface area contributed by atoms with Gasteiger partial charge in [-0.15, -0.1) is 10.2 Å². The Kier molecular flexibility index (Phi) is 6.07. The summed E-state index contributed by atoms with van der Waals surface area (Å²) in [6.45, 7) is 4.58. The Morgan fingerprint density at radius 2 is 1.65 bits per heavy atom. The van der Waals surface area contributed by atoms with Crippen molar-refractivity contribution in [1.29, 1.82) is 0 Å².